The molecular formula is C8H7BrN2O2S. The Morgan fingerprint density at radius 1 is 1.79 bits per heavy atom. The largest absolute Gasteiger partial charge is 0.461 e. The van der Waals surface area contributed by atoms with Crippen molar-refractivity contribution in [1.29, 1.82) is 0 Å². The molecule has 0 unspecified atom stereocenters. The zero-order valence-corrected chi connectivity index (χ0v) is 9.74. The first-order valence-corrected chi connectivity index (χ1v) is 5.69. The van der Waals surface area contributed by atoms with Crippen molar-refractivity contribution in [1.82, 2.24) is 9.97 Å². The van der Waals surface area contributed by atoms with Crippen molar-refractivity contribution in [2.75, 3.05) is 6.61 Å². The van der Waals surface area contributed by atoms with E-state index >= 15 is 0 Å². The number of ether oxygens (including phenoxy) is 1. The Balaban J connectivity index is 2.47. The normalized spacial score (nSPS) is 10.7. The smallest absolute Gasteiger partial charge is 0.356 e. The number of carbonyl (C=O) groups is 1. The van der Waals surface area contributed by atoms with Crippen LogP contribution < -0.4 is 0 Å². The second-order valence-corrected chi connectivity index (χ2v) is 4.21. The van der Waals surface area contributed by atoms with Crippen LogP contribution in [0.2, 0.25) is 0 Å². The summed E-state index contributed by atoms with van der Waals surface area (Å²) in [6, 6.07) is 0. The number of aromatic nitrogens is 2. The van der Waals surface area contributed by atoms with E-state index < -0.39 is 0 Å². The summed E-state index contributed by atoms with van der Waals surface area (Å²) in [6.07, 6.45) is 0. The highest BCUT2D eigenvalue weighted by Gasteiger charge is 2.18. The average Bonchev–Trinajstić information content (AvgIpc) is 2.69. The fraction of sp³-hybridized carbons (Fsp3) is 0.250. The SMILES string of the molecule is CCOC(=O)c1[nH]c2ncsc2c1Br. The van der Waals surface area contributed by atoms with Crippen LogP contribution in [-0.4, -0.2) is 22.5 Å². The lowest BCUT2D eigenvalue weighted by molar-refractivity contribution is 0.0519. The molecule has 2 aromatic heterocycles. The summed E-state index contributed by atoms with van der Waals surface area (Å²) in [5.74, 6) is -0.357. The fourth-order valence-corrected chi connectivity index (χ4v) is 2.54. The third-order valence-corrected chi connectivity index (χ3v) is 3.61. The van der Waals surface area contributed by atoms with E-state index in [0.717, 1.165) is 9.17 Å². The van der Waals surface area contributed by atoms with E-state index in [0.29, 0.717) is 17.9 Å². The summed E-state index contributed by atoms with van der Waals surface area (Å²) in [7, 11) is 0. The maximum Gasteiger partial charge on any atom is 0.356 e. The fourth-order valence-electron chi connectivity index (χ4n) is 1.12. The van der Waals surface area contributed by atoms with Gasteiger partial charge < -0.3 is 9.72 Å². The zero-order valence-electron chi connectivity index (χ0n) is 7.33. The van der Waals surface area contributed by atoms with Gasteiger partial charge in [-0.3, -0.25) is 0 Å². The molecule has 0 spiro atoms. The predicted molar refractivity (Wildman–Crippen MR) is 57.6 cm³/mol. The molecule has 0 radical (unpaired) electrons. The van der Waals surface area contributed by atoms with Gasteiger partial charge in [0.1, 0.15) is 11.3 Å². The Labute approximate surface area is 92.4 Å². The Morgan fingerprint density at radius 2 is 2.57 bits per heavy atom. The predicted octanol–water partition coefficient (Wildman–Crippen LogP) is 2.56. The maximum atomic E-state index is 11.4. The second-order valence-electron chi connectivity index (χ2n) is 2.56. The quantitative estimate of drug-likeness (QED) is 0.857. The minimum absolute atomic E-state index is 0.357. The first kappa shape index (κ1) is 9.67. The Morgan fingerprint density at radius 3 is 3.21 bits per heavy atom. The minimum atomic E-state index is -0.357. The number of H-pyrrole nitrogens is 1. The molecule has 0 saturated carbocycles. The number of rotatable bonds is 2. The van der Waals surface area contributed by atoms with E-state index in [4.69, 9.17) is 4.74 Å². The number of thiazole rings is 1. The van der Waals surface area contributed by atoms with Gasteiger partial charge in [-0.1, -0.05) is 0 Å². The molecule has 0 amide bonds. The van der Waals surface area contributed by atoms with Gasteiger partial charge in [0.15, 0.2) is 0 Å². The third kappa shape index (κ3) is 1.44. The molecular weight excluding hydrogens is 268 g/mol. The van der Waals surface area contributed by atoms with Crippen molar-refractivity contribution >= 4 is 43.6 Å². The molecule has 0 aromatic carbocycles. The van der Waals surface area contributed by atoms with Gasteiger partial charge in [-0.05, 0) is 22.9 Å². The molecule has 0 bridgehead atoms. The first-order chi connectivity index (χ1) is 6.74. The molecule has 0 aliphatic heterocycles. The van der Waals surface area contributed by atoms with Crippen LogP contribution in [0.4, 0.5) is 0 Å². The van der Waals surface area contributed by atoms with Crippen molar-refractivity contribution in [2.24, 2.45) is 0 Å². The summed E-state index contributed by atoms with van der Waals surface area (Å²) in [5, 5.41) is 0. The number of halogens is 1. The molecule has 2 aromatic rings. The maximum absolute atomic E-state index is 11.4. The number of nitrogens with one attached hydrogen (secondary N) is 1. The number of hydrogen-bond acceptors (Lipinski definition) is 4. The number of carbonyl (C=O) groups excluding carboxylic acids is 1. The molecule has 0 atom stereocenters. The first-order valence-electron chi connectivity index (χ1n) is 4.01. The highest BCUT2D eigenvalue weighted by Crippen LogP contribution is 2.30. The van der Waals surface area contributed by atoms with Gasteiger partial charge in [0.2, 0.25) is 0 Å². The molecule has 1 N–H and O–H groups in total. The van der Waals surface area contributed by atoms with Crippen LogP contribution >= 0.6 is 27.3 Å². The molecule has 2 rings (SSSR count). The van der Waals surface area contributed by atoms with Crippen LogP contribution in [0.5, 0.6) is 0 Å². The second kappa shape index (κ2) is 3.70. The topological polar surface area (TPSA) is 55.0 Å². The van der Waals surface area contributed by atoms with Crippen molar-refractivity contribution in [3.8, 4) is 0 Å². The minimum Gasteiger partial charge on any atom is -0.461 e. The number of fused-ring (bicyclic) bond motifs is 1. The van der Waals surface area contributed by atoms with E-state index in [1.165, 1.54) is 11.3 Å². The van der Waals surface area contributed by atoms with Gasteiger partial charge in [0.05, 0.1) is 21.3 Å². The van der Waals surface area contributed by atoms with Crippen molar-refractivity contribution in [2.45, 2.75) is 6.92 Å². The Bertz CT molecular complexity index is 477. The molecule has 6 heteroatoms. The number of hydrogen-bond donors (Lipinski definition) is 1. The molecule has 0 saturated heterocycles. The summed E-state index contributed by atoms with van der Waals surface area (Å²) in [4.78, 5) is 18.4. The molecule has 4 nitrogen and oxygen atoms in total. The van der Waals surface area contributed by atoms with Crippen LogP contribution in [-0.2, 0) is 4.74 Å². The molecule has 2 heterocycles. The standard InChI is InChI=1S/C8H7BrN2O2S/c1-2-13-8(12)5-4(9)6-7(11-5)10-3-14-6/h3,11H,2H2,1H3. The molecule has 14 heavy (non-hydrogen) atoms. The highest BCUT2D eigenvalue weighted by atomic mass is 79.9. The summed E-state index contributed by atoms with van der Waals surface area (Å²) < 4.78 is 6.55. The summed E-state index contributed by atoms with van der Waals surface area (Å²) in [6.45, 7) is 2.14. The monoisotopic (exact) mass is 274 g/mol. The van der Waals surface area contributed by atoms with E-state index in [2.05, 4.69) is 25.9 Å². The molecule has 0 fully saturated rings. The molecule has 0 aliphatic rings. The van der Waals surface area contributed by atoms with E-state index in [1.54, 1.807) is 12.4 Å². The van der Waals surface area contributed by atoms with Gasteiger partial charge >= 0.3 is 5.97 Å². The highest BCUT2D eigenvalue weighted by molar-refractivity contribution is 9.10. The van der Waals surface area contributed by atoms with Gasteiger partial charge in [0.25, 0.3) is 0 Å². The van der Waals surface area contributed by atoms with Gasteiger partial charge in [-0.2, -0.15) is 0 Å². The molecule has 74 valence electrons. The summed E-state index contributed by atoms with van der Waals surface area (Å²) in [5.41, 5.74) is 2.87. The lowest BCUT2D eigenvalue weighted by Gasteiger charge is -1.98. The Hall–Kier alpha value is -0.880. The van der Waals surface area contributed by atoms with Crippen LogP contribution in [0.15, 0.2) is 9.98 Å². The van der Waals surface area contributed by atoms with Crippen LogP contribution in [0.25, 0.3) is 10.3 Å². The van der Waals surface area contributed by atoms with Gasteiger partial charge in [-0.15, -0.1) is 11.3 Å². The van der Waals surface area contributed by atoms with Gasteiger partial charge in [-0.25, -0.2) is 9.78 Å². The van der Waals surface area contributed by atoms with Crippen LogP contribution in [0, 0.1) is 0 Å². The summed E-state index contributed by atoms with van der Waals surface area (Å²) >= 11 is 4.81. The average molecular weight is 275 g/mol. The number of esters is 1. The van der Waals surface area contributed by atoms with Crippen LogP contribution in [0.1, 0.15) is 17.4 Å². The third-order valence-electron chi connectivity index (χ3n) is 1.71. The Kier molecular flexibility index (Phi) is 2.56. The number of aromatic amines is 1. The number of nitrogens with zero attached hydrogens (tertiary/aromatic N) is 1. The van der Waals surface area contributed by atoms with E-state index in [1.807, 2.05) is 0 Å². The zero-order chi connectivity index (χ0) is 10.1. The lowest BCUT2D eigenvalue weighted by atomic mass is 10.4. The van der Waals surface area contributed by atoms with Crippen molar-refractivity contribution in [3.63, 3.8) is 0 Å². The van der Waals surface area contributed by atoms with E-state index in [9.17, 15) is 4.79 Å². The van der Waals surface area contributed by atoms with Crippen molar-refractivity contribution < 1.29 is 9.53 Å². The molecule has 0 aliphatic carbocycles. The van der Waals surface area contributed by atoms with Crippen molar-refractivity contribution in [3.05, 3.63) is 15.7 Å². The van der Waals surface area contributed by atoms with E-state index in [-0.39, 0.29) is 5.97 Å². The van der Waals surface area contributed by atoms with Gasteiger partial charge in [0, 0.05) is 0 Å². The lowest BCUT2D eigenvalue weighted by Crippen LogP contribution is -2.05. The van der Waals surface area contributed by atoms with Crippen LogP contribution in [0.3, 0.4) is 0 Å².